The molecule has 2 N–H and O–H groups in total. The number of rotatable bonds is 0. The standard InChI is InChI=1S/C19H12F3N/c20-19(21,22)17-13-7-5-10-15(17)9-3-1-2-4-11-16-12-6-8-14-18(16)23/h1-2,5-8,10,12-14H,23H2/b2-1-. The summed E-state index contributed by atoms with van der Waals surface area (Å²) in [4.78, 5) is 0. The van der Waals surface area contributed by atoms with Crippen LogP contribution in [-0.4, -0.2) is 0 Å². The van der Waals surface area contributed by atoms with Crippen LogP contribution in [0.5, 0.6) is 0 Å². The highest BCUT2D eigenvalue weighted by Crippen LogP contribution is 2.31. The highest BCUT2D eigenvalue weighted by atomic mass is 19.4. The molecule has 4 heteroatoms. The van der Waals surface area contributed by atoms with E-state index in [-0.39, 0.29) is 5.56 Å². The van der Waals surface area contributed by atoms with E-state index < -0.39 is 11.7 Å². The van der Waals surface area contributed by atoms with Gasteiger partial charge in [-0.05, 0) is 36.4 Å². The Hall–Kier alpha value is -3.11. The first-order valence-electron chi connectivity index (χ1n) is 6.67. The number of nitrogen functional groups attached to an aromatic ring is 1. The lowest BCUT2D eigenvalue weighted by Crippen LogP contribution is -2.07. The van der Waals surface area contributed by atoms with Gasteiger partial charge in [-0.3, -0.25) is 0 Å². The van der Waals surface area contributed by atoms with Crippen molar-refractivity contribution in [3.05, 3.63) is 77.4 Å². The predicted molar refractivity (Wildman–Crippen MR) is 85.2 cm³/mol. The number of allylic oxidation sites excluding steroid dienone is 2. The normalized spacial score (nSPS) is 10.6. The summed E-state index contributed by atoms with van der Waals surface area (Å²) in [5.74, 6) is 10.6. The molecular formula is C19H12F3N. The SMILES string of the molecule is Nc1ccccc1C#C/C=C\C#Cc1ccccc1C(F)(F)F. The number of para-hydroxylation sites is 1. The molecule has 114 valence electrons. The third kappa shape index (κ3) is 4.69. The third-order valence-corrected chi connectivity index (χ3v) is 2.86. The van der Waals surface area contributed by atoms with Crippen molar-refractivity contribution in [1.82, 2.24) is 0 Å². The summed E-state index contributed by atoms with van der Waals surface area (Å²) in [6, 6.07) is 12.3. The zero-order valence-electron chi connectivity index (χ0n) is 12.0. The Bertz CT molecular complexity index is 840. The largest absolute Gasteiger partial charge is 0.417 e. The first-order valence-corrected chi connectivity index (χ1v) is 6.67. The van der Waals surface area contributed by atoms with E-state index in [4.69, 9.17) is 5.73 Å². The number of halogens is 3. The molecule has 1 nitrogen and oxygen atoms in total. The molecule has 2 rings (SSSR count). The molecule has 0 fully saturated rings. The fourth-order valence-corrected chi connectivity index (χ4v) is 1.77. The Labute approximate surface area is 132 Å². The first kappa shape index (κ1) is 16.3. The van der Waals surface area contributed by atoms with Gasteiger partial charge in [0.25, 0.3) is 0 Å². The molecule has 2 aromatic carbocycles. The Morgan fingerprint density at radius 1 is 0.783 bits per heavy atom. The summed E-state index contributed by atoms with van der Waals surface area (Å²) in [5, 5.41) is 0. The molecule has 0 heterocycles. The average molecular weight is 311 g/mol. The highest BCUT2D eigenvalue weighted by molar-refractivity contribution is 5.56. The van der Waals surface area contributed by atoms with E-state index in [1.807, 2.05) is 6.07 Å². The Morgan fingerprint density at radius 2 is 1.30 bits per heavy atom. The molecule has 0 saturated carbocycles. The van der Waals surface area contributed by atoms with Crippen LogP contribution in [0.1, 0.15) is 16.7 Å². The van der Waals surface area contributed by atoms with E-state index in [2.05, 4.69) is 23.7 Å². The van der Waals surface area contributed by atoms with Crippen molar-refractivity contribution in [3.8, 4) is 23.7 Å². The summed E-state index contributed by atoms with van der Waals surface area (Å²) in [7, 11) is 0. The maximum atomic E-state index is 12.8. The van der Waals surface area contributed by atoms with Crippen LogP contribution < -0.4 is 5.73 Å². The van der Waals surface area contributed by atoms with Crippen LogP contribution in [0.15, 0.2) is 60.7 Å². The van der Waals surface area contributed by atoms with Crippen molar-refractivity contribution in [3.63, 3.8) is 0 Å². The van der Waals surface area contributed by atoms with Gasteiger partial charge in [-0.1, -0.05) is 47.9 Å². The molecular weight excluding hydrogens is 299 g/mol. The van der Waals surface area contributed by atoms with E-state index in [0.717, 1.165) is 6.07 Å². The molecule has 2 aromatic rings. The molecule has 0 aromatic heterocycles. The topological polar surface area (TPSA) is 26.0 Å². The second kappa shape index (κ2) is 7.24. The molecule has 0 radical (unpaired) electrons. The smallest absolute Gasteiger partial charge is 0.398 e. The van der Waals surface area contributed by atoms with Crippen LogP contribution in [0.4, 0.5) is 18.9 Å². The van der Waals surface area contributed by atoms with Crippen molar-refractivity contribution < 1.29 is 13.2 Å². The van der Waals surface area contributed by atoms with Gasteiger partial charge >= 0.3 is 6.18 Å². The molecule has 0 unspecified atom stereocenters. The van der Waals surface area contributed by atoms with Gasteiger partial charge in [0.1, 0.15) is 0 Å². The zero-order valence-corrected chi connectivity index (χ0v) is 12.0. The minimum absolute atomic E-state index is 0.0649. The number of nitrogens with two attached hydrogens (primary N) is 1. The molecule has 0 aliphatic rings. The number of benzene rings is 2. The minimum Gasteiger partial charge on any atom is -0.398 e. The van der Waals surface area contributed by atoms with E-state index in [1.54, 1.807) is 18.2 Å². The molecule has 0 amide bonds. The number of hydrogen-bond acceptors (Lipinski definition) is 1. The monoisotopic (exact) mass is 311 g/mol. The zero-order chi connectivity index (χ0) is 16.7. The molecule has 0 aliphatic heterocycles. The van der Waals surface area contributed by atoms with Crippen molar-refractivity contribution in [1.29, 1.82) is 0 Å². The van der Waals surface area contributed by atoms with Gasteiger partial charge in [-0.15, -0.1) is 0 Å². The van der Waals surface area contributed by atoms with Crippen molar-refractivity contribution in [2.24, 2.45) is 0 Å². The van der Waals surface area contributed by atoms with Gasteiger partial charge in [-0.2, -0.15) is 13.2 Å². The van der Waals surface area contributed by atoms with Gasteiger partial charge in [0.2, 0.25) is 0 Å². The quantitative estimate of drug-likeness (QED) is 0.571. The molecule has 0 aliphatic carbocycles. The van der Waals surface area contributed by atoms with Crippen LogP contribution in [-0.2, 0) is 6.18 Å². The van der Waals surface area contributed by atoms with Gasteiger partial charge in [0.05, 0.1) is 5.56 Å². The first-order chi connectivity index (χ1) is 11.0. The summed E-state index contributed by atoms with van der Waals surface area (Å²) in [5.41, 5.74) is 6.18. The summed E-state index contributed by atoms with van der Waals surface area (Å²) < 4.78 is 38.4. The Kier molecular flexibility index (Phi) is 5.12. The van der Waals surface area contributed by atoms with Crippen molar-refractivity contribution in [2.75, 3.05) is 5.73 Å². The minimum atomic E-state index is -4.42. The van der Waals surface area contributed by atoms with Crippen LogP contribution in [0, 0.1) is 23.7 Å². The molecule has 0 atom stereocenters. The number of anilines is 1. The van der Waals surface area contributed by atoms with Crippen molar-refractivity contribution in [2.45, 2.75) is 6.18 Å². The number of alkyl halides is 3. The second-order valence-electron chi connectivity index (χ2n) is 4.50. The van der Waals surface area contributed by atoms with E-state index >= 15 is 0 Å². The molecule has 0 spiro atoms. The highest BCUT2D eigenvalue weighted by Gasteiger charge is 2.32. The predicted octanol–water partition coefficient (Wildman–Crippen LogP) is 4.25. The maximum Gasteiger partial charge on any atom is 0.417 e. The van der Waals surface area contributed by atoms with E-state index in [9.17, 15) is 13.2 Å². The molecule has 0 bridgehead atoms. The lowest BCUT2D eigenvalue weighted by atomic mass is 10.1. The lowest BCUT2D eigenvalue weighted by molar-refractivity contribution is -0.137. The fourth-order valence-electron chi connectivity index (χ4n) is 1.77. The average Bonchev–Trinajstić information content (AvgIpc) is 2.52. The van der Waals surface area contributed by atoms with Crippen LogP contribution in [0.25, 0.3) is 0 Å². The van der Waals surface area contributed by atoms with Gasteiger partial charge < -0.3 is 5.73 Å². The van der Waals surface area contributed by atoms with Gasteiger partial charge in [-0.25, -0.2) is 0 Å². The lowest BCUT2D eigenvalue weighted by Gasteiger charge is -2.07. The Balaban J connectivity index is 2.12. The molecule has 0 saturated heterocycles. The van der Waals surface area contributed by atoms with Crippen LogP contribution in [0.3, 0.4) is 0 Å². The van der Waals surface area contributed by atoms with Crippen molar-refractivity contribution >= 4 is 5.69 Å². The fraction of sp³-hybridized carbons (Fsp3) is 0.0526. The number of hydrogen-bond donors (Lipinski definition) is 1. The van der Waals surface area contributed by atoms with Gasteiger partial charge in [0.15, 0.2) is 0 Å². The van der Waals surface area contributed by atoms with Crippen LogP contribution >= 0.6 is 0 Å². The summed E-state index contributed by atoms with van der Waals surface area (Å²) in [6.45, 7) is 0. The second-order valence-corrected chi connectivity index (χ2v) is 4.50. The van der Waals surface area contributed by atoms with E-state index in [0.29, 0.717) is 11.3 Å². The maximum absolute atomic E-state index is 12.8. The summed E-state index contributed by atoms with van der Waals surface area (Å²) >= 11 is 0. The van der Waals surface area contributed by atoms with Gasteiger partial charge in [0, 0.05) is 16.8 Å². The van der Waals surface area contributed by atoms with E-state index in [1.165, 1.54) is 30.4 Å². The summed E-state index contributed by atoms with van der Waals surface area (Å²) in [6.07, 6.45) is -1.55. The third-order valence-electron chi connectivity index (χ3n) is 2.86. The van der Waals surface area contributed by atoms with Crippen LogP contribution in [0.2, 0.25) is 0 Å². The molecule has 23 heavy (non-hydrogen) atoms. The Morgan fingerprint density at radius 3 is 1.91 bits per heavy atom.